The fourth-order valence-electron chi connectivity index (χ4n) is 4.49. The summed E-state index contributed by atoms with van der Waals surface area (Å²) >= 11 is 0. The number of carbonyl (C=O) groups is 1. The van der Waals surface area contributed by atoms with Gasteiger partial charge in [-0.25, -0.2) is 0 Å². The summed E-state index contributed by atoms with van der Waals surface area (Å²) in [6.07, 6.45) is 15.5. The Morgan fingerprint density at radius 1 is 0.875 bits per heavy atom. The zero-order chi connectivity index (χ0) is 29.1. The smallest absolute Gasteiger partial charge is 0.308 e. The number of ether oxygens (including phenoxy) is 1. The zero-order valence-electron chi connectivity index (χ0n) is 24.8. The zero-order valence-corrected chi connectivity index (χ0v) is 25.8. The first-order chi connectivity index (χ1) is 19.3. The second-order valence-corrected chi connectivity index (χ2v) is 14.8. The number of allylic oxidation sites excluding steroid dienone is 6. The molecular formula is C36H44O3Si. The predicted molar refractivity (Wildman–Crippen MR) is 171 cm³/mol. The summed E-state index contributed by atoms with van der Waals surface area (Å²) in [6.45, 7) is 11.0. The number of benzene rings is 2. The molecule has 0 unspecified atom stereocenters. The summed E-state index contributed by atoms with van der Waals surface area (Å²) < 4.78 is 12.1. The lowest BCUT2D eigenvalue weighted by atomic mass is 10.2. The van der Waals surface area contributed by atoms with Crippen LogP contribution in [0.5, 0.6) is 0 Å². The second-order valence-electron chi connectivity index (χ2n) is 10.5. The molecule has 0 N–H and O–H groups in total. The van der Waals surface area contributed by atoms with Gasteiger partial charge in [0.15, 0.2) is 5.76 Å². The van der Waals surface area contributed by atoms with Crippen molar-refractivity contribution >= 4 is 24.7 Å². The molecule has 0 atom stereocenters. The Bertz CT molecular complexity index is 1200. The van der Waals surface area contributed by atoms with E-state index < -0.39 is 8.32 Å². The average Bonchev–Trinajstić information content (AvgIpc) is 2.93. The number of unbranched alkanes of at least 4 members (excludes halogenated alkanes) is 2. The molecule has 2 rings (SSSR count). The van der Waals surface area contributed by atoms with E-state index in [9.17, 15) is 4.79 Å². The first kappa shape index (κ1) is 32.6. The maximum absolute atomic E-state index is 11.5. The van der Waals surface area contributed by atoms with Gasteiger partial charge in [-0.3, -0.25) is 4.79 Å². The molecule has 0 saturated carbocycles. The van der Waals surface area contributed by atoms with E-state index in [4.69, 9.17) is 9.16 Å². The van der Waals surface area contributed by atoms with E-state index in [1.54, 1.807) is 0 Å². The van der Waals surface area contributed by atoms with Crippen molar-refractivity contribution in [3.63, 3.8) is 0 Å². The van der Waals surface area contributed by atoms with Crippen LogP contribution in [0.2, 0.25) is 5.04 Å². The highest BCUT2D eigenvalue weighted by molar-refractivity contribution is 6.99. The molecule has 0 radical (unpaired) electrons. The van der Waals surface area contributed by atoms with Crippen LogP contribution in [0.1, 0.15) is 73.1 Å². The van der Waals surface area contributed by atoms with Gasteiger partial charge in [-0.15, -0.1) is 0 Å². The molecule has 0 aliphatic rings. The standard InChI is InChI=1S/C36H44O3Si/c1-6-7-8-9-10-11-13-18-25-33(39-32(2)37)26-19-14-12-15-24-31-38-40(36(3,4)5,34-27-20-16-21-28-34)35-29-22-17-23-30-35/h7-8,10-11,16-17,20-23,25,27-30H,6,9,13,15,18,24,31H2,1-5H3/b8-7-,11-10-,33-25-. The summed E-state index contributed by atoms with van der Waals surface area (Å²) in [5, 5.41) is 2.51. The van der Waals surface area contributed by atoms with Crippen molar-refractivity contribution in [3.05, 3.63) is 96.8 Å². The highest BCUT2D eigenvalue weighted by atomic mass is 28.4. The van der Waals surface area contributed by atoms with Gasteiger partial charge in [0.05, 0.1) is 0 Å². The molecule has 0 saturated heterocycles. The first-order valence-corrected chi connectivity index (χ1v) is 16.1. The van der Waals surface area contributed by atoms with Crippen LogP contribution in [0.3, 0.4) is 0 Å². The fraction of sp³-hybridized carbons (Fsp3) is 0.361. The number of carbonyl (C=O) groups excluding carboxylic acids is 1. The number of esters is 1. The highest BCUT2D eigenvalue weighted by Gasteiger charge is 2.49. The predicted octanol–water partition coefficient (Wildman–Crippen LogP) is 7.49. The molecule has 0 amide bonds. The molecule has 0 heterocycles. The van der Waals surface area contributed by atoms with E-state index in [1.165, 1.54) is 17.3 Å². The van der Waals surface area contributed by atoms with Crippen LogP contribution in [-0.4, -0.2) is 20.9 Å². The fourth-order valence-corrected chi connectivity index (χ4v) is 9.09. The maximum Gasteiger partial charge on any atom is 0.308 e. The number of hydrogen-bond donors (Lipinski definition) is 0. The Balaban J connectivity index is 2.00. The van der Waals surface area contributed by atoms with Gasteiger partial charge in [0.2, 0.25) is 0 Å². The molecule has 0 aliphatic heterocycles. The van der Waals surface area contributed by atoms with Gasteiger partial charge >= 0.3 is 5.97 Å². The quantitative estimate of drug-likeness (QED) is 0.0645. The summed E-state index contributed by atoms with van der Waals surface area (Å²) in [4.78, 5) is 11.5. The summed E-state index contributed by atoms with van der Waals surface area (Å²) in [6, 6.07) is 21.3. The van der Waals surface area contributed by atoms with Gasteiger partial charge in [-0.1, -0.05) is 119 Å². The van der Waals surface area contributed by atoms with Gasteiger partial charge < -0.3 is 9.16 Å². The molecule has 4 heteroatoms. The van der Waals surface area contributed by atoms with Crippen molar-refractivity contribution in [2.24, 2.45) is 0 Å². The van der Waals surface area contributed by atoms with Crippen LogP contribution >= 0.6 is 0 Å². The van der Waals surface area contributed by atoms with Crippen LogP contribution in [0.4, 0.5) is 0 Å². The molecule has 2 aromatic rings. The highest BCUT2D eigenvalue weighted by Crippen LogP contribution is 2.36. The normalized spacial score (nSPS) is 12.1. The lowest BCUT2D eigenvalue weighted by Gasteiger charge is -2.43. The Labute approximate surface area is 243 Å². The number of rotatable bonds is 13. The van der Waals surface area contributed by atoms with E-state index in [2.05, 4.69) is 136 Å². The van der Waals surface area contributed by atoms with E-state index in [-0.39, 0.29) is 11.0 Å². The van der Waals surface area contributed by atoms with Gasteiger partial charge in [-0.2, -0.15) is 0 Å². The summed E-state index contributed by atoms with van der Waals surface area (Å²) in [5.74, 6) is 11.7. The largest absolute Gasteiger partial charge is 0.418 e. The van der Waals surface area contributed by atoms with Crippen molar-refractivity contribution in [2.45, 2.75) is 78.2 Å². The minimum Gasteiger partial charge on any atom is -0.418 e. The lowest BCUT2D eigenvalue weighted by Crippen LogP contribution is -2.66. The van der Waals surface area contributed by atoms with Gasteiger partial charge in [0.1, 0.15) is 0 Å². The Morgan fingerprint density at radius 2 is 1.50 bits per heavy atom. The van der Waals surface area contributed by atoms with E-state index in [0.29, 0.717) is 18.8 Å². The molecule has 3 nitrogen and oxygen atoms in total. The topological polar surface area (TPSA) is 35.5 Å². The van der Waals surface area contributed by atoms with Crippen molar-refractivity contribution in [1.29, 1.82) is 0 Å². The third-order valence-corrected chi connectivity index (χ3v) is 11.3. The molecule has 40 heavy (non-hydrogen) atoms. The Kier molecular flexibility index (Phi) is 14.6. The molecule has 2 aromatic carbocycles. The maximum atomic E-state index is 11.5. The third kappa shape index (κ3) is 10.9. The Morgan fingerprint density at radius 3 is 2.08 bits per heavy atom. The second kappa shape index (κ2) is 17.9. The lowest BCUT2D eigenvalue weighted by molar-refractivity contribution is -0.136. The molecule has 0 aromatic heterocycles. The molecular weight excluding hydrogens is 508 g/mol. The SMILES string of the molecule is CC/C=C\C/C=C\CC/C=C(/C#CC#CCCCO[Si](c1ccccc1)(c1ccccc1)C(C)(C)C)OC(C)=O. The van der Waals surface area contributed by atoms with Crippen LogP contribution in [-0.2, 0) is 14.0 Å². The molecule has 0 aliphatic carbocycles. The van der Waals surface area contributed by atoms with Crippen LogP contribution in [0.15, 0.2) is 96.8 Å². The van der Waals surface area contributed by atoms with Crippen molar-refractivity contribution in [2.75, 3.05) is 6.61 Å². The van der Waals surface area contributed by atoms with Crippen molar-refractivity contribution < 1.29 is 14.0 Å². The summed E-state index contributed by atoms with van der Waals surface area (Å²) in [7, 11) is -2.52. The average molecular weight is 553 g/mol. The van der Waals surface area contributed by atoms with Gasteiger partial charge in [0.25, 0.3) is 8.32 Å². The minimum atomic E-state index is -2.52. The molecule has 0 fully saturated rings. The van der Waals surface area contributed by atoms with Gasteiger partial charge in [-0.05, 0) is 71.4 Å². The van der Waals surface area contributed by atoms with Crippen LogP contribution < -0.4 is 10.4 Å². The first-order valence-electron chi connectivity index (χ1n) is 14.2. The van der Waals surface area contributed by atoms with E-state index in [1.807, 2.05) is 6.08 Å². The minimum absolute atomic E-state index is 0.0474. The van der Waals surface area contributed by atoms with E-state index >= 15 is 0 Å². The van der Waals surface area contributed by atoms with Crippen LogP contribution in [0, 0.1) is 23.7 Å². The Hall–Kier alpha value is -3.57. The van der Waals surface area contributed by atoms with Crippen molar-refractivity contribution in [3.8, 4) is 23.7 Å². The molecule has 0 spiro atoms. The third-order valence-electron chi connectivity index (χ3n) is 6.28. The number of hydrogen-bond acceptors (Lipinski definition) is 3. The molecule has 210 valence electrons. The van der Waals surface area contributed by atoms with Crippen LogP contribution in [0.25, 0.3) is 0 Å². The van der Waals surface area contributed by atoms with Crippen molar-refractivity contribution in [1.82, 2.24) is 0 Å². The van der Waals surface area contributed by atoms with E-state index in [0.717, 1.165) is 32.1 Å². The monoisotopic (exact) mass is 552 g/mol. The van der Waals surface area contributed by atoms with Gasteiger partial charge in [0, 0.05) is 20.0 Å². The molecule has 0 bridgehead atoms. The summed E-state index contributed by atoms with van der Waals surface area (Å²) in [5.41, 5.74) is 0.